The fraction of sp³-hybridized carbons (Fsp3) is 0.200. The molecular weight excluding hydrogens is 261 g/mol. The molecule has 0 amide bonds. The van der Waals surface area contributed by atoms with Crippen molar-refractivity contribution in [2.24, 2.45) is 5.73 Å². The molecule has 0 bridgehead atoms. The Balaban J connectivity index is 2.00. The molecule has 1 heterocycles. The minimum absolute atomic E-state index is 0.206. The van der Waals surface area contributed by atoms with Gasteiger partial charge in [0.2, 0.25) is 6.79 Å². The van der Waals surface area contributed by atoms with Crippen molar-refractivity contribution < 1.29 is 18.6 Å². The number of hydrogen-bond donors (Lipinski definition) is 1. The fourth-order valence-corrected chi connectivity index (χ4v) is 2.23. The highest BCUT2D eigenvalue weighted by Gasteiger charge is 2.19. The van der Waals surface area contributed by atoms with Crippen molar-refractivity contribution in [3.63, 3.8) is 0 Å². The molecule has 0 spiro atoms. The van der Waals surface area contributed by atoms with E-state index in [1.165, 1.54) is 19.2 Å². The van der Waals surface area contributed by atoms with E-state index in [0.717, 1.165) is 5.56 Å². The van der Waals surface area contributed by atoms with Gasteiger partial charge in [0.05, 0.1) is 13.2 Å². The monoisotopic (exact) mass is 275 g/mol. The smallest absolute Gasteiger partial charge is 0.231 e. The molecule has 0 aromatic heterocycles. The summed E-state index contributed by atoms with van der Waals surface area (Å²) >= 11 is 0. The van der Waals surface area contributed by atoms with E-state index in [0.29, 0.717) is 22.8 Å². The molecule has 0 saturated carbocycles. The van der Waals surface area contributed by atoms with Gasteiger partial charge >= 0.3 is 0 Å². The molecule has 1 aliphatic heterocycles. The number of methoxy groups -OCH3 is 1. The molecule has 2 aromatic rings. The summed E-state index contributed by atoms with van der Waals surface area (Å²) in [7, 11) is 1.53. The van der Waals surface area contributed by atoms with Crippen LogP contribution in [0.5, 0.6) is 17.2 Å². The van der Waals surface area contributed by atoms with Gasteiger partial charge < -0.3 is 19.9 Å². The molecule has 0 aliphatic carbocycles. The van der Waals surface area contributed by atoms with E-state index in [4.69, 9.17) is 19.9 Å². The maximum Gasteiger partial charge on any atom is 0.231 e. The first kappa shape index (κ1) is 12.7. The van der Waals surface area contributed by atoms with Gasteiger partial charge in [-0.3, -0.25) is 0 Å². The lowest BCUT2D eigenvalue weighted by atomic mass is 9.98. The van der Waals surface area contributed by atoms with E-state index in [-0.39, 0.29) is 12.6 Å². The Bertz CT molecular complexity index is 645. The second-order valence-electron chi connectivity index (χ2n) is 4.48. The third-order valence-corrected chi connectivity index (χ3v) is 3.28. The van der Waals surface area contributed by atoms with Crippen LogP contribution in [0.3, 0.4) is 0 Å². The summed E-state index contributed by atoms with van der Waals surface area (Å²) in [5.74, 6) is 1.54. The minimum atomic E-state index is -0.504. The maximum absolute atomic E-state index is 13.4. The van der Waals surface area contributed by atoms with Crippen LogP contribution in [0, 0.1) is 5.82 Å². The molecule has 2 aromatic carbocycles. The zero-order chi connectivity index (χ0) is 14.1. The molecule has 0 radical (unpaired) electrons. The second kappa shape index (κ2) is 5.02. The standard InChI is InChI=1S/C15H14FNO3/c1-18-12-5-3-10(16)7-11(12)15(17)9-2-4-13-14(6-9)20-8-19-13/h2-7,15H,8,17H2,1H3. The number of rotatable bonds is 3. The van der Waals surface area contributed by atoms with Gasteiger partial charge in [-0.15, -0.1) is 0 Å². The Morgan fingerprint density at radius 3 is 2.75 bits per heavy atom. The number of halogens is 1. The van der Waals surface area contributed by atoms with Crippen LogP contribution in [0.4, 0.5) is 4.39 Å². The highest BCUT2D eigenvalue weighted by atomic mass is 19.1. The molecular formula is C15H14FNO3. The average molecular weight is 275 g/mol. The van der Waals surface area contributed by atoms with Gasteiger partial charge in [0, 0.05) is 5.56 Å². The lowest BCUT2D eigenvalue weighted by Gasteiger charge is -2.16. The van der Waals surface area contributed by atoms with Crippen molar-refractivity contribution in [2.45, 2.75) is 6.04 Å². The Hall–Kier alpha value is -2.27. The zero-order valence-electron chi connectivity index (χ0n) is 10.9. The Kier molecular flexibility index (Phi) is 3.20. The van der Waals surface area contributed by atoms with Crippen LogP contribution >= 0.6 is 0 Å². The molecule has 3 rings (SSSR count). The van der Waals surface area contributed by atoms with Gasteiger partial charge in [0.25, 0.3) is 0 Å². The van der Waals surface area contributed by atoms with Gasteiger partial charge in [-0.2, -0.15) is 0 Å². The van der Waals surface area contributed by atoms with Crippen LogP contribution in [0.15, 0.2) is 36.4 Å². The minimum Gasteiger partial charge on any atom is -0.496 e. The number of ether oxygens (including phenoxy) is 3. The normalized spacial score (nSPS) is 14.2. The maximum atomic E-state index is 13.4. The topological polar surface area (TPSA) is 53.7 Å². The molecule has 1 aliphatic rings. The Morgan fingerprint density at radius 2 is 1.95 bits per heavy atom. The van der Waals surface area contributed by atoms with E-state index < -0.39 is 6.04 Å². The van der Waals surface area contributed by atoms with Gasteiger partial charge in [-0.05, 0) is 35.9 Å². The predicted octanol–water partition coefficient (Wildman–Crippen LogP) is 2.61. The summed E-state index contributed by atoms with van der Waals surface area (Å²) in [5, 5.41) is 0. The lowest BCUT2D eigenvalue weighted by Crippen LogP contribution is -2.13. The third-order valence-electron chi connectivity index (χ3n) is 3.28. The summed E-state index contributed by atoms with van der Waals surface area (Å²) in [6, 6.07) is 9.22. The van der Waals surface area contributed by atoms with Crippen LogP contribution in [-0.4, -0.2) is 13.9 Å². The van der Waals surface area contributed by atoms with Crippen molar-refractivity contribution in [3.05, 3.63) is 53.3 Å². The van der Waals surface area contributed by atoms with Crippen molar-refractivity contribution in [1.82, 2.24) is 0 Å². The molecule has 104 valence electrons. The molecule has 2 N–H and O–H groups in total. The highest BCUT2D eigenvalue weighted by molar-refractivity contribution is 5.49. The van der Waals surface area contributed by atoms with E-state index in [2.05, 4.69) is 0 Å². The van der Waals surface area contributed by atoms with E-state index in [9.17, 15) is 4.39 Å². The molecule has 1 atom stereocenters. The predicted molar refractivity (Wildman–Crippen MR) is 71.5 cm³/mol. The van der Waals surface area contributed by atoms with Gasteiger partial charge in [0.15, 0.2) is 11.5 Å². The fourth-order valence-electron chi connectivity index (χ4n) is 2.23. The van der Waals surface area contributed by atoms with Gasteiger partial charge in [0.1, 0.15) is 11.6 Å². The first-order valence-electron chi connectivity index (χ1n) is 6.17. The van der Waals surface area contributed by atoms with Gasteiger partial charge in [-0.25, -0.2) is 4.39 Å². The summed E-state index contributed by atoms with van der Waals surface area (Å²) in [6.45, 7) is 0.206. The van der Waals surface area contributed by atoms with E-state index in [1.54, 1.807) is 18.2 Å². The highest BCUT2D eigenvalue weighted by Crippen LogP contribution is 2.36. The van der Waals surface area contributed by atoms with E-state index >= 15 is 0 Å². The molecule has 0 saturated heterocycles. The van der Waals surface area contributed by atoms with Crippen molar-refractivity contribution in [2.75, 3.05) is 13.9 Å². The average Bonchev–Trinajstić information content (AvgIpc) is 2.93. The number of nitrogens with two attached hydrogens (primary N) is 1. The Labute approximate surface area is 115 Å². The quantitative estimate of drug-likeness (QED) is 0.935. The summed E-state index contributed by atoms with van der Waals surface area (Å²) in [4.78, 5) is 0. The first-order valence-corrected chi connectivity index (χ1v) is 6.17. The number of benzene rings is 2. The molecule has 5 heteroatoms. The van der Waals surface area contributed by atoms with Crippen LogP contribution in [0.2, 0.25) is 0 Å². The van der Waals surface area contributed by atoms with Crippen LogP contribution < -0.4 is 19.9 Å². The third kappa shape index (κ3) is 2.16. The summed E-state index contributed by atoms with van der Waals surface area (Å²) in [6.07, 6.45) is 0. The van der Waals surface area contributed by atoms with E-state index in [1.807, 2.05) is 6.07 Å². The second-order valence-corrected chi connectivity index (χ2v) is 4.48. The van der Waals surface area contributed by atoms with Crippen LogP contribution in [0.25, 0.3) is 0 Å². The number of fused-ring (bicyclic) bond motifs is 1. The van der Waals surface area contributed by atoms with Crippen LogP contribution in [-0.2, 0) is 0 Å². The van der Waals surface area contributed by atoms with Crippen LogP contribution in [0.1, 0.15) is 17.2 Å². The SMILES string of the molecule is COc1ccc(F)cc1C(N)c1ccc2c(c1)OCO2. The Morgan fingerprint density at radius 1 is 1.15 bits per heavy atom. The summed E-state index contributed by atoms with van der Waals surface area (Å²) < 4.78 is 29.2. The largest absolute Gasteiger partial charge is 0.496 e. The number of hydrogen-bond acceptors (Lipinski definition) is 4. The van der Waals surface area contributed by atoms with Crippen molar-refractivity contribution >= 4 is 0 Å². The molecule has 20 heavy (non-hydrogen) atoms. The zero-order valence-corrected chi connectivity index (χ0v) is 10.9. The van der Waals surface area contributed by atoms with Crippen molar-refractivity contribution in [1.29, 1.82) is 0 Å². The first-order chi connectivity index (χ1) is 9.69. The lowest BCUT2D eigenvalue weighted by molar-refractivity contribution is 0.174. The van der Waals surface area contributed by atoms with Gasteiger partial charge in [-0.1, -0.05) is 6.07 Å². The van der Waals surface area contributed by atoms with Crippen molar-refractivity contribution in [3.8, 4) is 17.2 Å². The molecule has 1 unspecified atom stereocenters. The summed E-state index contributed by atoms with van der Waals surface area (Å²) in [5.41, 5.74) is 7.61. The molecule has 4 nitrogen and oxygen atoms in total. The molecule has 0 fully saturated rings.